The van der Waals surface area contributed by atoms with Crippen LogP contribution in [0, 0.1) is 0 Å². The van der Waals surface area contributed by atoms with E-state index in [2.05, 4.69) is 5.32 Å². The Labute approximate surface area is 121 Å². The first-order valence-corrected chi connectivity index (χ1v) is 7.23. The van der Waals surface area contributed by atoms with Crippen molar-refractivity contribution in [3.8, 4) is 0 Å². The Kier molecular flexibility index (Phi) is 8.67. The van der Waals surface area contributed by atoms with Gasteiger partial charge in [-0.1, -0.05) is 37.1 Å². The van der Waals surface area contributed by atoms with Crippen LogP contribution in [0.15, 0.2) is 24.3 Å². The van der Waals surface area contributed by atoms with Gasteiger partial charge in [0.1, 0.15) is 0 Å². The van der Waals surface area contributed by atoms with Gasteiger partial charge in [-0.15, -0.1) is 0 Å². The summed E-state index contributed by atoms with van der Waals surface area (Å²) in [4.78, 5) is 11.3. The number of aliphatic hydroxyl groups excluding tert-OH is 1. The van der Waals surface area contributed by atoms with Gasteiger partial charge in [0, 0.05) is 13.2 Å². The molecule has 0 unspecified atom stereocenters. The molecule has 0 spiro atoms. The van der Waals surface area contributed by atoms with Crippen LogP contribution >= 0.6 is 0 Å². The first-order chi connectivity index (χ1) is 9.77. The summed E-state index contributed by atoms with van der Waals surface area (Å²) in [6.07, 6.45) is 4.54. The van der Waals surface area contributed by atoms with Crippen molar-refractivity contribution < 1.29 is 14.6 Å². The first-order valence-electron chi connectivity index (χ1n) is 7.23. The summed E-state index contributed by atoms with van der Waals surface area (Å²) in [5, 5.41) is 12.1. The van der Waals surface area contributed by atoms with Crippen molar-refractivity contribution in [3.63, 3.8) is 0 Å². The van der Waals surface area contributed by atoms with E-state index in [9.17, 15) is 4.79 Å². The van der Waals surface area contributed by atoms with E-state index in [1.54, 1.807) is 0 Å². The summed E-state index contributed by atoms with van der Waals surface area (Å²) in [5.74, 6) is -0.207. The monoisotopic (exact) mass is 279 g/mol. The van der Waals surface area contributed by atoms with Crippen LogP contribution in [0.2, 0.25) is 0 Å². The first kappa shape index (κ1) is 16.7. The minimum absolute atomic E-state index is 0.207. The predicted octanol–water partition coefficient (Wildman–Crippen LogP) is 2.04. The minimum Gasteiger partial charge on any atom is -0.469 e. The van der Waals surface area contributed by atoms with Gasteiger partial charge in [-0.3, -0.25) is 4.79 Å². The van der Waals surface area contributed by atoms with Gasteiger partial charge < -0.3 is 15.2 Å². The topological polar surface area (TPSA) is 58.6 Å². The van der Waals surface area contributed by atoms with Crippen LogP contribution in [0.25, 0.3) is 0 Å². The predicted molar refractivity (Wildman–Crippen MR) is 79.4 cm³/mol. The van der Waals surface area contributed by atoms with Gasteiger partial charge in [-0.2, -0.15) is 0 Å². The lowest BCUT2D eigenvalue weighted by Crippen LogP contribution is -2.17. The number of methoxy groups -OCH3 is 1. The van der Waals surface area contributed by atoms with Crippen molar-refractivity contribution in [2.45, 2.75) is 38.6 Å². The van der Waals surface area contributed by atoms with Crippen LogP contribution in [0.5, 0.6) is 0 Å². The highest BCUT2D eigenvalue weighted by atomic mass is 16.5. The van der Waals surface area contributed by atoms with Gasteiger partial charge in [-0.25, -0.2) is 0 Å². The number of carbonyl (C=O) groups is 1. The molecule has 0 aliphatic carbocycles. The summed E-state index contributed by atoms with van der Waals surface area (Å²) in [6, 6.07) is 7.93. The second-order valence-electron chi connectivity index (χ2n) is 4.84. The molecule has 20 heavy (non-hydrogen) atoms. The number of benzene rings is 1. The molecule has 1 aromatic carbocycles. The highest BCUT2D eigenvalue weighted by Gasteiger charge is 2.07. The minimum atomic E-state index is -0.207. The Bertz CT molecular complexity index is 393. The summed E-state index contributed by atoms with van der Waals surface area (Å²) >= 11 is 0. The molecule has 0 aliphatic rings. The number of unbranched alkanes of at least 4 members (excludes halogenated alkanes) is 3. The Morgan fingerprint density at radius 1 is 1.15 bits per heavy atom. The fourth-order valence-corrected chi connectivity index (χ4v) is 2.07. The van der Waals surface area contributed by atoms with E-state index < -0.39 is 0 Å². The maximum Gasteiger partial charge on any atom is 0.309 e. The van der Waals surface area contributed by atoms with Gasteiger partial charge in [0.25, 0.3) is 0 Å². The van der Waals surface area contributed by atoms with E-state index in [0.29, 0.717) is 6.42 Å². The molecule has 0 aromatic heterocycles. The van der Waals surface area contributed by atoms with Crippen LogP contribution in [0.1, 0.15) is 36.8 Å². The second-order valence-corrected chi connectivity index (χ2v) is 4.84. The molecule has 0 amide bonds. The van der Waals surface area contributed by atoms with Crippen molar-refractivity contribution in [2.75, 3.05) is 20.3 Å². The van der Waals surface area contributed by atoms with Crippen molar-refractivity contribution in [3.05, 3.63) is 35.4 Å². The van der Waals surface area contributed by atoms with Gasteiger partial charge in [0.15, 0.2) is 0 Å². The van der Waals surface area contributed by atoms with Gasteiger partial charge >= 0.3 is 5.97 Å². The summed E-state index contributed by atoms with van der Waals surface area (Å²) < 4.78 is 4.71. The molecular formula is C16H25NO3. The standard InChI is InChI=1S/C16H25NO3/c1-20-16(19)12-14-8-4-5-9-15(14)13-17-10-6-2-3-7-11-18/h4-5,8-9,17-18H,2-3,6-7,10-13H2,1H3. The fourth-order valence-electron chi connectivity index (χ4n) is 2.07. The molecule has 4 nitrogen and oxygen atoms in total. The molecule has 112 valence electrons. The van der Waals surface area contributed by atoms with Gasteiger partial charge in [-0.05, 0) is 30.5 Å². The molecule has 1 aromatic rings. The Balaban J connectivity index is 2.30. The number of carbonyl (C=O) groups excluding carboxylic acids is 1. The fraction of sp³-hybridized carbons (Fsp3) is 0.562. The van der Waals surface area contributed by atoms with E-state index in [4.69, 9.17) is 9.84 Å². The van der Waals surface area contributed by atoms with E-state index in [1.165, 1.54) is 7.11 Å². The van der Waals surface area contributed by atoms with Gasteiger partial charge in [0.2, 0.25) is 0 Å². The number of rotatable bonds is 10. The van der Waals surface area contributed by atoms with E-state index in [0.717, 1.165) is 49.9 Å². The summed E-state index contributed by atoms with van der Waals surface area (Å²) in [5.41, 5.74) is 2.17. The van der Waals surface area contributed by atoms with Crippen LogP contribution in [0.4, 0.5) is 0 Å². The number of ether oxygens (including phenoxy) is 1. The third kappa shape index (κ3) is 6.68. The Morgan fingerprint density at radius 2 is 1.85 bits per heavy atom. The number of hydrogen-bond donors (Lipinski definition) is 2. The molecule has 1 rings (SSSR count). The van der Waals surface area contributed by atoms with Crippen molar-refractivity contribution in [1.82, 2.24) is 5.32 Å². The molecule has 0 atom stereocenters. The molecule has 0 aliphatic heterocycles. The van der Waals surface area contributed by atoms with Crippen LogP contribution in [-0.4, -0.2) is 31.3 Å². The third-order valence-electron chi connectivity index (χ3n) is 3.26. The largest absolute Gasteiger partial charge is 0.469 e. The molecule has 0 fully saturated rings. The van der Waals surface area contributed by atoms with E-state index >= 15 is 0 Å². The molecule has 0 heterocycles. The number of esters is 1. The molecular weight excluding hydrogens is 254 g/mol. The second kappa shape index (κ2) is 10.4. The molecule has 0 radical (unpaired) electrons. The SMILES string of the molecule is COC(=O)Cc1ccccc1CNCCCCCCO. The number of aliphatic hydroxyl groups is 1. The Morgan fingerprint density at radius 3 is 2.55 bits per heavy atom. The highest BCUT2D eigenvalue weighted by molar-refractivity contribution is 5.72. The lowest BCUT2D eigenvalue weighted by atomic mass is 10.0. The average molecular weight is 279 g/mol. The number of nitrogens with one attached hydrogen (secondary N) is 1. The third-order valence-corrected chi connectivity index (χ3v) is 3.26. The molecule has 2 N–H and O–H groups in total. The molecule has 0 saturated heterocycles. The maximum atomic E-state index is 11.3. The van der Waals surface area contributed by atoms with Crippen molar-refractivity contribution >= 4 is 5.97 Å². The van der Waals surface area contributed by atoms with Crippen molar-refractivity contribution in [1.29, 1.82) is 0 Å². The smallest absolute Gasteiger partial charge is 0.309 e. The summed E-state index contributed by atoms with van der Waals surface area (Å²) in [7, 11) is 1.41. The molecule has 4 heteroatoms. The lowest BCUT2D eigenvalue weighted by Gasteiger charge is -2.10. The zero-order chi connectivity index (χ0) is 14.6. The summed E-state index contributed by atoms with van der Waals surface area (Å²) in [6.45, 7) is 2.01. The van der Waals surface area contributed by atoms with E-state index in [-0.39, 0.29) is 12.6 Å². The van der Waals surface area contributed by atoms with Crippen LogP contribution in [-0.2, 0) is 22.5 Å². The number of hydrogen-bond acceptors (Lipinski definition) is 4. The molecule has 0 bridgehead atoms. The van der Waals surface area contributed by atoms with E-state index in [1.807, 2.05) is 24.3 Å². The van der Waals surface area contributed by atoms with Crippen LogP contribution in [0.3, 0.4) is 0 Å². The average Bonchev–Trinajstić information content (AvgIpc) is 2.47. The maximum absolute atomic E-state index is 11.3. The van der Waals surface area contributed by atoms with Crippen molar-refractivity contribution in [2.24, 2.45) is 0 Å². The lowest BCUT2D eigenvalue weighted by molar-refractivity contribution is -0.139. The molecule has 0 saturated carbocycles. The zero-order valence-corrected chi connectivity index (χ0v) is 12.2. The normalized spacial score (nSPS) is 10.5. The van der Waals surface area contributed by atoms with Crippen LogP contribution < -0.4 is 5.32 Å². The quantitative estimate of drug-likeness (QED) is 0.508. The van der Waals surface area contributed by atoms with Gasteiger partial charge in [0.05, 0.1) is 13.5 Å². The highest BCUT2D eigenvalue weighted by Crippen LogP contribution is 2.10. The Hall–Kier alpha value is -1.39. The zero-order valence-electron chi connectivity index (χ0n) is 12.2.